The molecule has 0 heterocycles. The van der Waals surface area contributed by atoms with Crippen molar-refractivity contribution in [3.63, 3.8) is 0 Å². The zero-order valence-corrected chi connectivity index (χ0v) is 9.32. The van der Waals surface area contributed by atoms with E-state index in [2.05, 4.69) is 4.74 Å². The Morgan fingerprint density at radius 2 is 2.19 bits per heavy atom. The van der Waals surface area contributed by atoms with E-state index in [-0.39, 0.29) is 17.7 Å². The summed E-state index contributed by atoms with van der Waals surface area (Å²) < 4.78 is 4.69. The summed E-state index contributed by atoms with van der Waals surface area (Å²) in [6.07, 6.45) is 1.11. The molecule has 1 radical (unpaired) electrons. The Morgan fingerprint density at radius 3 is 2.75 bits per heavy atom. The number of carboxylic acids is 1. The molecule has 0 aliphatic carbocycles. The van der Waals surface area contributed by atoms with E-state index in [1.165, 1.54) is 18.2 Å². The number of benzene rings is 1. The average molecular weight is 242 g/mol. The smallest absolute Gasteiger partial charge is 0.335 e. The Hall–Kier alpha value is -1.55. The minimum Gasteiger partial charge on any atom is -0.478 e. The number of hydrogen-bond donors (Lipinski definition) is 1. The first-order valence-corrected chi connectivity index (χ1v) is 4.96. The van der Waals surface area contributed by atoms with Crippen LogP contribution in [0.1, 0.15) is 22.8 Å². The highest BCUT2D eigenvalue weighted by Gasteiger charge is 2.14. The number of esters is 1. The van der Waals surface area contributed by atoms with Crippen LogP contribution in [0, 0.1) is 6.42 Å². The lowest BCUT2D eigenvalue weighted by Crippen LogP contribution is -2.09. The van der Waals surface area contributed by atoms with Crippen molar-refractivity contribution in [1.29, 1.82) is 0 Å². The molecule has 5 heteroatoms. The predicted octanol–water partition coefficient (Wildman–Crippen LogP) is 2.15. The molecule has 0 aliphatic heterocycles. The second-order valence-electron chi connectivity index (χ2n) is 2.93. The minimum absolute atomic E-state index is 0.0115. The third-order valence-electron chi connectivity index (χ3n) is 1.80. The number of hydrogen-bond acceptors (Lipinski definition) is 3. The van der Waals surface area contributed by atoms with Crippen molar-refractivity contribution in [2.45, 2.75) is 6.92 Å². The topological polar surface area (TPSA) is 63.6 Å². The van der Waals surface area contributed by atoms with Gasteiger partial charge >= 0.3 is 11.9 Å². The van der Waals surface area contributed by atoms with Crippen molar-refractivity contribution in [2.24, 2.45) is 0 Å². The summed E-state index contributed by atoms with van der Waals surface area (Å²) in [4.78, 5) is 22.0. The number of carboxylic acid groups (broad SMARTS) is 1. The fourth-order valence-corrected chi connectivity index (χ4v) is 1.34. The zero-order valence-electron chi connectivity index (χ0n) is 8.57. The molecule has 0 atom stereocenters. The van der Waals surface area contributed by atoms with Crippen LogP contribution >= 0.6 is 11.6 Å². The summed E-state index contributed by atoms with van der Waals surface area (Å²) in [5, 5.41) is 9.25. The molecular weight excluding hydrogens is 232 g/mol. The lowest BCUT2D eigenvalue weighted by atomic mass is 10.0. The summed E-state index contributed by atoms with van der Waals surface area (Å²) >= 11 is 5.72. The van der Waals surface area contributed by atoms with Crippen molar-refractivity contribution in [3.05, 3.63) is 40.8 Å². The molecule has 0 spiro atoms. The average Bonchev–Trinajstić information content (AvgIpc) is 2.17. The molecule has 0 aliphatic rings. The van der Waals surface area contributed by atoms with Crippen LogP contribution in [0.4, 0.5) is 0 Å². The van der Waals surface area contributed by atoms with Crippen molar-refractivity contribution in [3.8, 4) is 0 Å². The highest BCUT2D eigenvalue weighted by molar-refractivity contribution is 6.30. The van der Waals surface area contributed by atoms with Gasteiger partial charge in [0.25, 0.3) is 0 Å². The van der Waals surface area contributed by atoms with Gasteiger partial charge in [-0.25, -0.2) is 4.79 Å². The molecule has 4 nitrogen and oxygen atoms in total. The van der Waals surface area contributed by atoms with Crippen LogP contribution in [0.25, 0.3) is 0 Å². The maximum atomic E-state index is 11.2. The minimum atomic E-state index is -1.12. The highest BCUT2D eigenvalue weighted by atomic mass is 35.5. The van der Waals surface area contributed by atoms with E-state index in [1.807, 2.05) is 0 Å². The summed E-state index contributed by atoms with van der Waals surface area (Å²) in [6.45, 7) is 1.90. The van der Waals surface area contributed by atoms with E-state index < -0.39 is 11.9 Å². The predicted molar refractivity (Wildman–Crippen MR) is 58.4 cm³/mol. The number of rotatable bonds is 4. The van der Waals surface area contributed by atoms with E-state index in [4.69, 9.17) is 16.7 Å². The molecule has 1 aromatic rings. The largest absolute Gasteiger partial charge is 0.478 e. The summed E-state index contributed by atoms with van der Waals surface area (Å²) in [6, 6.07) is 4.20. The van der Waals surface area contributed by atoms with Crippen LogP contribution in [-0.4, -0.2) is 23.7 Å². The van der Waals surface area contributed by atoms with Gasteiger partial charge in [0.1, 0.15) is 6.42 Å². The summed E-state index contributed by atoms with van der Waals surface area (Å²) in [5.41, 5.74) is 0.246. The van der Waals surface area contributed by atoms with E-state index in [0.717, 1.165) is 6.42 Å². The van der Waals surface area contributed by atoms with Gasteiger partial charge in [-0.05, 0) is 30.7 Å². The third kappa shape index (κ3) is 3.24. The number of ether oxygens (including phenoxy) is 1. The molecular formula is C11H10ClO4. The molecule has 0 unspecified atom stereocenters. The number of carbonyl (C=O) groups is 2. The van der Waals surface area contributed by atoms with Gasteiger partial charge in [-0.3, -0.25) is 4.79 Å². The molecule has 0 saturated carbocycles. The third-order valence-corrected chi connectivity index (χ3v) is 2.04. The summed E-state index contributed by atoms with van der Waals surface area (Å²) in [5.74, 6) is -1.71. The molecule has 16 heavy (non-hydrogen) atoms. The van der Waals surface area contributed by atoms with Crippen LogP contribution in [0.15, 0.2) is 18.2 Å². The lowest BCUT2D eigenvalue weighted by molar-refractivity contribution is -0.138. The van der Waals surface area contributed by atoms with Gasteiger partial charge in [-0.15, -0.1) is 0 Å². The van der Waals surface area contributed by atoms with Gasteiger partial charge < -0.3 is 9.84 Å². The molecule has 1 aromatic carbocycles. The molecule has 0 fully saturated rings. The van der Waals surface area contributed by atoms with Gasteiger partial charge in [0, 0.05) is 5.02 Å². The lowest BCUT2D eigenvalue weighted by Gasteiger charge is -2.05. The van der Waals surface area contributed by atoms with Gasteiger partial charge in [-0.1, -0.05) is 11.6 Å². The Morgan fingerprint density at radius 1 is 1.50 bits per heavy atom. The standard InChI is InChI=1S/C11H10ClO4/c1-2-16-10(13)6-7-5-8(12)3-4-9(7)11(14)15/h3-6H,2H2,1H3,(H,14,15). The first kappa shape index (κ1) is 12.5. The second kappa shape index (κ2) is 5.51. The maximum Gasteiger partial charge on any atom is 0.335 e. The molecule has 0 saturated heterocycles. The van der Waals surface area contributed by atoms with Crippen molar-refractivity contribution in [2.75, 3.05) is 6.61 Å². The van der Waals surface area contributed by atoms with Gasteiger partial charge in [0.05, 0.1) is 12.2 Å². The molecule has 85 valence electrons. The summed E-state index contributed by atoms with van der Waals surface area (Å²) in [7, 11) is 0. The fraction of sp³-hybridized carbons (Fsp3) is 0.182. The highest BCUT2D eigenvalue weighted by Crippen LogP contribution is 2.18. The monoisotopic (exact) mass is 241 g/mol. The Labute approximate surface area is 97.8 Å². The normalized spacial score (nSPS) is 9.88. The molecule has 1 rings (SSSR count). The van der Waals surface area contributed by atoms with Crippen LogP contribution in [0.2, 0.25) is 5.02 Å². The number of carbonyl (C=O) groups excluding carboxylic acids is 1. The number of aromatic carboxylic acids is 1. The molecule has 0 bridgehead atoms. The van der Waals surface area contributed by atoms with Crippen molar-refractivity contribution in [1.82, 2.24) is 0 Å². The van der Waals surface area contributed by atoms with Gasteiger partial charge in [-0.2, -0.15) is 0 Å². The van der Waals surface area contributed by atoms with E-state index in [1.54, 1.807) is 6.92 Å². The molecule has 0 aromatic heterocycles. The maximum absolute atomic E-state index is 11.2. The van der Waals surface area contributed by atoms with E-state index in [0.29, 0.717) is 5.02 Å². The van der Waals surface area contributed by atoms with Crippen molar-refractivity contribution < 1.29 is 19.4 Å². The van der Waals surface area contributed by atoms with E-state index >= 15 is 0 Å². The first-order chi connectivity index (χ1) is 7.54. The van der Waals surface area contributed by atoms with Gasteiger partial charge in [0.15, 0.2) is 0 Å². The van der Waals surface area contributed by atoms with Crippen LogP contribution < -0.4 is 0 Å². The second-order valence-corrected chi connectivity index (χ2v) is 3.37. The molecule has 0 amide bonds. The van der Waals surface area contributed by atoms with Crippen LogP contribution in [0.5, 0.6) is 0 Å². The van der Waals surface area contributed by atoms with E-state index in [9.17, 15) is 9.59 Å². The first-order valence-electron chi connectivity index (χ1n) is 4.59. The Bertz CT molecular complexity index is 414. The van der Waals surface area contributed by atoms with Crippen molar-refractivity contribution >= 4 is 23.5 Å². The Balaban J connectivity index is 2.96. The SMILES string of the molecule is CCOC(=O)[CH]c1cc(Cl)ccc1C(=O)O. The van der Waals surface area contributed by atoms with Crippen LogP contribution in [0.3, 0.4) is 0 Å². The zero-order chi connectivity index (χ0) is 12.1. The number of halogens is 1. The van der Waals surface area contributed by atoms with Gasteiger partial charge in [0.2, 0.25) is 0 Å². The fourth-order valence-electron chi connectivity index (χ4n) is 1.16. The van der Waals surface area contributed by atoms with Crippen LogP contribution in [-0.2, 0) is 9.53 Å². The Kier molecular flexibility index (Phi) is 4.31. The molecule has 1 N–H and O–H groups in total. The quantitative estimate of drug-likeness (QED) is 0.821.